The number of carboxylic acid groups (broad SMARTS) is 5. The lowest BCUT2D eigenvalue weighted by atomic mass is 10.2. The Morgan fingerprint density at radius 3 is 1.38 bits per heavy atom. The second kappa shape index (κ2) is 18.3. The van der Waals surface area contributed by atoms with Crippen molar-refractivity contribution < 1.29 is 54.3 Å². The minimum Gasteiger partial charge on any atom is -0.481 e. The van der Waals surface area contributed by atoms with Crippen molar-refractivity contribution in [2.24, 2.45) is 17.2 Å². The molecule has 0 unspecified atom stereocenters. The van der Waals surface area contributed by atoms with E-state index in [9.17, 15) is 28.8 Å². The van der Waals surface area contributed by atoms with Crippen LogP contribution in [0.25, 0.3) is 0 Å². The van der Waals surface area contributed by atoms with E-state index < -0.39 is 60.6 Å². The molecule has 0 heterocycles. The number of hydrogen-bond donors (Lipinski definition) is 8. The lowest BCUT2D eigenvalue weighted by Crippen LogP contribution is -2.30. The van der Waals surface area contributed by atoms with Crippen molar-refractivity contribution in [2.75, 3.05) is 6.54 Å². The Labute approximate surface area is 165 Å². The molecule has 0 aliphatic carbocycles. The predicted molar refractivity (Wildman–Crippen MR) is 95.9 cm³/mol. The second-order valence-electron chi connectivity index (χ2n) is 5.37. The maximum Gasteiger partial charge on any atom is 0.372 e. The molecule has 0 saturated heterocycles. The first kappa shape index (κ1) is 30.6. The number of carbonyl (C=O) groups excluding carboxylic acids is 1. The average Bonchev–Trinajstić information content (AvgIpc) is 2.62. The fourth-order valence-corrected chi connectivity index (χ4v) is 1.19. The van der Waals surface area contributed by atoms with Gasteiger partial charge in [-0.3, -0.25) is 24.0 Å². The van der Waals surface area contributed by atoms with Crippen LogP contribution in [0.2, 0.25) is 0 Å². The molecule has 0 rings (SSSR count). The molecule has 0 amide bonds. The van der Waals surface area contributed by atoms with Crippen LogP contribution >= 0.6 is 0 Å². The molecule has 0 bridgehead atoms. The molecule has 14 heteroatoms. The van der Waals surface area contributed by atoms with E-state index in [4.69, 9.17) is 42.7 Å². The summed E-state index contributed by atoms with van der Waals surface area (Å²) in [5, 5.41) is 40.5. The van der Waals surface area contributed by atoms with Gasteiger partial charge in [0.2, 0.25) is 5.78 Å². The van der Waals surface area contributed by atoms with Gasteiger partial charge in [-0.15, -0.1) is 0 Å². The Balaban J connectivity index is -0.000000350. The largest absolute Gasteiger partial charge is 0.481 e. The molecule has 14 nitrogen and oxygen atoms in total. The van der Waals surface area contributed by atoms with E-state index in [0.29, 0.717) is 19.4 Å². The van der Waals surface area contributed by atoms with Crippen LogP contribution in [0.5, 0.6) is 0 Å². The number of rotatable bonds is 12. The van der Waals surface area contributed by atoms with E-state index in [0.717, 1.165) is 0 Å². The van der Waals surface area contributed by atoms with Gasteiger partial charge in [0.05, 0.1) is 6.42 Å². The van der Waals surface area contributed by atoms with Crippen molar-refractivity contribution in [3.8, 4) is 0 Å². The van der Waals surface area contributed by atoms with E-state index in [1.54, 1.807) is 0 Å². The molecule has 0 spiro atoms. The zero-order valence-corrected chi connectivity index (χ0v) is 15.5. The van der Waals surface area contributed by atoms with Crippen molar-refractivity contribution in [1.82, 2.24) is 0 Å². The maximum absolute atomic E-state index is 10.2. The smallest absolute Gasteiger partial charge is 0.372 e. The molecule has 0 aliphatic rings. The Morgan fingerprint density at radius 2 is 1.07 bits per heavy atom. The van der Waals surface area contributed by atoms with Crippen molar-refractivity contribution in [3.05, 3.63) is 0 Å². The molecule has 0 saturated carbocycles. The van der Waals surface area contributed by atoms with Gasteiger partial charge in [-0.1, -0.05) is 0 Å². The maximum atomic E-state index is 10.2. The number of carbonyl (C=O) groups is 6. The molecule has 29 heavy (non-hydrogen) atoms. The summed E-state index contributed by atoms with van der Waals surface area (Å²) in [6.45, 7) is 0.501. The van der Waals surface area contributed by atoms with Crippen LogP contribution in [0.4, 0.5) is 0 Å². The summed E-state index contributed by atoms with van der Waals surface area (Å²) in [6, 6.07) is -1.80. The van der Waals surface area contributed by atoms with Crippen LogP contribution < -0.4 is 17.2 Å². The molecule has 11 N–H and O–H groups in total. The van der Waals surface area contributed by atoms with Gasteiger partial charge in [0, 0.05) is 12.8 Å². The molecule has 2 atom stereocenters. The fourth-order valence-electron chi connectivity index (χ4n) is 1.19. The summed E-state index contributed by atoms with van der Waals surface area (Å²) in [4.78, 5) is 59.6. The van der Waals surface area contributed by atoms with Crippen LogP contribution in [0.15, 0.2) is 0 Å². The lowest BCUT2D eigenvalue weighted by Gasteiger charge is -2.02. The minimum absolute atomic E-state index is 0.0231. The van der Waals surface area contributed by atoms with Gasteiger partial charge in [-0.05, 0) is 25.8 Å². The third-order valence-electron chi connectivity index (χ3n) is 2.83. The zero-order valence-electron chi connectivity index (χ0n) is 15.5. The molecular weight excluding hydrogens is 398 g/mol. The first-order valence-corrected chi connectivity index (χ1v) is 8.12. The van der Waals surface area contributed by atoms with Crippen molar-refractivity contribution in [3.63, 3.8) is 0 Å². The Kier molecular flexibility index (Phi) is 19.3. The first-order chi connectivity index (χ1) is 13.3. The summed E-state index contributed by atoms with van der Waals surface area (Å²) in [5.41, 5.74) is 15.3. The van der Waals surface area contributed by atoms with Gasteiger partial charge in [0.25, 0.3) is 0 Å². The van der Waals surface area contributed by atoms with Gasteiger partial charge in [0.15, 0.2) is 0 Å². The van der Waals surface area contributed by atoms with Crippen molar-refractivity contribution in [1.29, 1.82) is 0 Å². The van der Waals surface area contributed by atoms with Gasteiger partial charge >= 0.3 is 29.8 Å². The molecule has 0 aromatic heterocycles. The van der Waals surface area contributed by atoms with E-state index in [-0.39, 0.29) is 12.8 Å². The fraction of sp³-hybridized carbons (Fsp3) is 0.600. The highest BCUT2D eigenvalue weighted by atomic mass is 16.4. The zero-order chi connectivity index (χ0) is 23.6. The van der Waals surface area contributed by atoms with E-state index >= 15 is 0 Å². The topological polar surface area (TPSA) is 282 Å². The summed E-state index contributed by atoms with van der Waals surface area (Å²) in [7, 11) is 0. The van der Waals surface area contributed by atoms with Crippen LogP contribution in [0.1, 0.15) is 38.5 Å². The van der Waals surface area contributed by atoms with Crippen LogP contribution in [-0.2, 0) is 28.8 Å². The summed E-state index contributed by atoms with van der Waals surface area (Å²) >= 11 is 0. The number of Topliss-reactive ketones (excluding diaryl/α,β-unsaturated/α-hetero) is 1. The lowest BCUT2D eigenvalue weighted by molar-refractivity contribution is -0.150. The quantitative estimate of drug-likeness (QED) is 0.155. The van der Waals surface area contributed by atoms with E-state index in [2.05, 4.69) is 0 Å². The molecule has 168 valence electrons. The number of carboxylic acids is 5. The minimum atomic E-state index is -1.58. The normalized spacial score (nSPS) is 11.4. The highest BCUT2D eigenvalue weighted by Gasteiger charge is 2.13. The van der Waals surface area contributed by atoms with Crippen molar-refractivity contribution in [2.45, 2.75) is 50.6 Å². The molecule has 0 aromatic carbocycles. The molecule has 0 fully saturated rings. The van der Waals surface area contributed by atoms with Crippen LogP contribution in [0.3, 0.4) is 0 Å². The third kappa shape index (κ3) is 24.9. The molecule has 0 aromatic rings. The standard InChI is InChI=1S/C5H12N2O2.C5H9NO4.C5H6O5/c6-3-1-2-4(7)5(8)9;2*6-3(5(9)10)1-2-4(7)8/h4H,1-3,6-7H2,(H,8,9);3H,1-2,6H2,(H,7,8)(H,9,10);1-2H2,(H,7,8)(H,9,10)/t4-;3-;/m00./s1. The number of hydrogen-bond acceptors (Lipinski definition) is 9. The summed E-state index contributed by atoms with van der Waals surface area (Å²) in [5.74, 6) is -6.97. The summed E-state index contributed by atoms with van der Waals surface area (Å²) in [6.07, 6.45) is 0.0488. The highest BCUT2D eigenvalue weighted by Crippen LogP contribution is 1.93. The van der Waals surface area contributed by atoms with Gasteiger partial charge in [-0.25, -0.2) is 4.79 Å². The molecule has 0 radical (unpaired) electrons. The second-order valence-corrected chi connectivity index (χ2v) is 5.37. The predicted octanol–water partition coefficient (Wildman–Crippen LogP) is -2.09. The van der Waals surface area contributed by atoms with Crippen LogP contribution in [0, 0.1) is 0 Å². The third-order valence-corrected chi connectivity index (χ3v) is 2.83. The molecular formula is C15H27N3O11. The Morgan fingerprint density at radius 1 is 0.655 bits per heavy atom. The SMILES string of the molecule is NCCC[C@H](N)C(=O)O.N[C@@H](CCC(=O)O)C(=O)O.O=C(O)CCC(=O)C(=O)O. The van der Waals surface area contributed by atoms with E-state index in [1.807, 2.05) is 0 Å². The monoisotopic (exact) mass is 425 g/mol. The number of nitrogens with two attached hydrogens (primary N) is 3. The average molecular weight is 425 g/mol. The van der Waals surface area contributed by atoms with Gasteiger partial charge in [0.1, 0.15) is 12.1 Å². The first-order valence-electron chi connectivity index (χ1n) is 8.12. The van der Waals surface area contributed by atoms with Gasteiger partial charge in [-0.2, -0.15) is 0 Å². The molecule has 0 aliphatic heterocycles. The Bertz CT molecular complexity index is 566. The summed E-state index contributed by atoms with van der Waals surface area (Å²) < 4.78 is 0. The van der Waals surface area contributed by atoms with Crippen LogP contribution in [-0.4, -0.2) is 79.8 Å². The van der Waals surface area contributed by atoms with Gasteiger partial charge < -0.3 is 42.7 Å². The number of ketones is 1. The van der Waals surface area contributed by atoms with Crippen molar-refractivity contribution >= 4 is 35.6 Å². The highest BCUT2D eigenvalue weighted by molar-refractivity contribution is 6.32. The Hall–Kier alpha value is -3.10. The number of aliphatic carboxylic acids is 5. The van der Waals surface area contributed by atoms with E-state index in [1.165, 1.54) is 0 Å².